The second kappa shape index (κ2) is 6.42. The Morgan fingerprint density at radius 1 is 1.59 bits per heavy atom. The molecule has 0 saturated carbocycles. The van der Waals surface area contributed by atoms with Gasteiger partial charge in [0.25, 0.3) is 0 Å². The first kappa shape index (κ1) is 13.7. The van der Waals surface area contributed by atoms with Crippen molar-refractivity contribution in [3.8, 4) is 0 Å². The number of carboxylic acids is 1. The maximum absolute atomic E-state index is 10.7. The van der Waals surface area contributed by atoms with Crippen LogP contribution in [0.2, 0.25) is 0 Å². The minimum atomic E-state index is -1.05. The number of carboxylic acid groups (broad SMARTS) is 1. The van der Waals surface area contributed by atoms with Gasteiger partial charge in [-0.25, -0.2) is 4.79 Å². The Balaban J connectivity index is 2.34. The number of aromatic carboxylic acids is 1. The largest absolute Gasteiger partial charge is 0.475 e. The normalized spacial score (nSPS) is 12.6. The predicted molar refractivity (Wildman–Crippen MR) is 63.0 cm³/mol. The first-order chi connectivity index (χ1) is 8.00. The van der Waals surface area contributed by atoms with Crippen molar-refractivity contribution in [1.82, 2.24) is 5.32 Å². The van der Waals surface area contributed by atoms with Gasteiger partial charge in [-0.3, -0.25) is 0 Å². The highest BCUT2D eigenvalue weighted by Gasteiger charge is 2.12. The second-order valence-corrected chi connectivity index (χ2v) is 4.17. The summed E-state index contributed by atoms with van der Waals surface area (Å²) in [6.45, 7) is 4.89. The molecule has 1 heterocycles. The van der Waals surface area contributed by atoms with Crippen LogP contribution in [0.5, 0.6) is 0 Å². The molecule has 0 aromatic carbocycles. The summed E-state index contributed by atoms with van der Waals surface area (Å²) in [5.74, 6) is -0.442. The number of hydrogen-bond acceptors (Lipinski definition) is 4. The maximum atomic E-state index is 10.7. The summed E-state index contributed by atoms with van der Waals surface area (Å²) in [5, 5.41) is 21.0. The van der Waals surface area contributed by atoms with Crippen molar-refractivity contribution in [3.63, 3.8) is 0 Å². The SMILES string of the molecule is Cc1oc(C(=O)O)cc1CNCCCC(C)O. The number of hydrogen-bond donors (Lipinski definition) is 3. The highest BCUT2D eigenvalue weighted by atomic mass is 16.4. The van der Waals surface area contributed by atoms with Crippen molar-refractivity contribution in [2.24, 2.45) is 0 Å². The van der Waals surface area contributed by atoms with Crippen LogP contribution < -0.4 is 5.32 Å². The number of aliphatic hydroxyl groups is 1. The van der Waals surface area contributed by atoms with Crippen molar-refractivity contribution >= 4 is 5.97 Å². The Morgan fingerprint density at radius 3 is 2.82 bits per heavy atom. The zero-order valence-electron chi connectivity index (χ0n) is 10.2. The molecule has 0 radical (unpaired) electrons. The van der Waals surface area contributed by atoms with E-state index in [2.05, 4.69) is 5.32 Å². The lowest BCUT2D eigenvalue weighted by Gasteiger charge is -2.05. The summed E-state index contributed by atoms with van der Waals surface area (Å²) in [5.41, 5.74) is 0.861. The van der Waals surface area contributed by atoms with Crippen molar-refractivity contribution in [1.29, 1.82) is 0 Å². The van der Waals surface area contributed by atoms with Gasteiger partial charge in [0, 0.05) is 12.1 Å². The summed E-state index contributed by atoms with van der Waals surface area (Å²) >= 11 is 0. The van der Waals surface area contributed by atoms with Crippen molar-refractivity contribution in [2.75, 3.05) is 6.54 Å². The number of rotatable bonds is 7. The zero-order valence-corrected chi connectivity index (χ0v) is 10.2. The van der Waals surface area contributed by atoms with Crippen LogP contribution in [0.25, 0.3) is 0 Å². The lowest BCUT2D eigenvalue weighted by Crippen LogP contribution is -2.16. The van der Waals surface area contributed by atoms with Gasteiger partial charge in [0.05, 0.1) is 6.10 Å². The minimum absolute atomic E-state index is 0.0247. The molecule has 0 aliphatic carbocycles. The van der Waals surface area contributed by atoms with Crippen molar-refractivity contribution < 1.29 is 19.4 Å². The third kappa shape index (κ3) is 4.58. The number of aryl methyl sites for hydroxylation is 1. The van der Waals surface area contributed by atoms with E-state index in [-0.39, 0.29) is 11.9 Å². The number of carbonyl (C=O) groups is 1. The van der Waals surface area contributed by atoms with Crippen molar-refractivity contribution in [3.05, 3.63) is 23.2 Å². The Labute approximate surface area is 100 Å². The average Bonchev–Trinajstić information content (AvgIpc) is 2.59. The molecular formula is C12H19NO4. The molecule has 5 heteroatoms. The summed E-state index contributed by atoms with van der Waals surface area (Å²) in [4.78, 5) is 10.7. The van der Waals surface area contributed by atoms with Crippen LogP contribution in [0.1, 0.15) is 41.6 Å². The third-order valence-corrected chi connectivity index (χ3v) is 2.52. The molecular weight excluding hydrogens is 222 g/mol. The van der Waals surface area contributed by atoms with E-state index in [0.717, 1.165) is 24.9 Å². The van der Waals surface area contributed by atoms with Crippen LogP contribution >= 0.6 is 0 Å². The highest BCUT2D eigenvalue weighted by Crippen LogP contribution is 2.14. The molecule has 1 aromatic rings. The van der Waals surface area contributed by atoms with E-state index in [1.807, 2.05) is 0 Å². The van der Waals surface area contributed by atoms with Crippen LogP contribution in [0.15, 0.2) is 10.5 Å². The molecule has 1 unspecified atom stereocenters. The van der Waals surface area contributed by atoms with Gasteiger partial charge in [0.1, 0.15) is 5.76 Å². The second-order valence-electron chi connectivity index (χ2n) is 4.17. The van der Waals surface area contributed by atoms with E-state index in [9.17, 15) is 4.79 Å². The maximum Gasteiger partial charge on any atom is 0.371 e. The van der Waals surface area contributed by atoms with Gasteiger partial charge >= 0.3 is 5.97 Å². The van der Waals surface area contributed by atoms with Gasteiger partial charge in [0.15, 0.2) is 0 Å². The summed E-state index contributed by atoms with van der Waals surface area (Å²) in [7, 11) is 0. The molecule has 0 aliphatic rings. The smallest absolute Gasteiger partial charge is 0.371 e. The lowest BCUT2D eigenvalue weighted by molar-refractivity contribution is 0.0661. The lowest BCUT2D eigenvalue weighted by atomic mass is 10.2. The van der Waals surface area contributed by atoms with Gasteiger partial charge in [-0.2, -0.15) is 0 Å². The van der Waals surface area contributed by atoms with E-state index in [0.29, 0.717) is 12.3 Å². The van der Waals surface area contributed by atoms with E-state index in [1.165, 1.54) is 0 Å². The molecule has 17 heavy (non-hydrogen) atoms. The molecule has 1 aromatic heterocycles. The molecule has 0 bridgehead atoms. The Hall–Kier alpha value is -1.33. The first-order valence-electron chi connectivity index (χ1n) is 5.72. The van der Waals surface area contributed by atoms with Gasteiger partial charge in [0.2, 0.25) is 5.76 Å². The highest BCUT2D eigenvalue weighted by molar-refractivity contribution is 5.84. The molecule has 0 spiro atoms. The monoisotopic (exact) mass is 241 g/mol. The summed E-state index contributed by atoms with van der Waals surface area (Å²) in [6, 6.07) is 1.54. The quantitative estimate of drug-likeness (QED) is 0.631. The van der Waals surface area contributed by atoms with Gasteiger partial charge in [-0.1, -0.05) is 0 Å². The molecule has 1 atom stereocenters. The number of aliphatic hydroxyl groups excluding tert-OH is 1. The zero-order chi connectivity index (χ0) is 12.8. The van der Waals surface area contributed by atoms with E-state index in [1.54, 1.807) is 19.9 Å². The summed E-state index contributed by atoms with van der Waals surface area (Å²) in [6.07, 6.45) is 1.38. The molecule has 0 amide bonds. The van der Waals surface area contributed by atoms with Crippen molar-refractivity contribution in [2.45, 2.75) is 39.3 Å². The fourth-order valence-corrected chi connectivity index (χ4v) is 1.55. The van der Waals surface area contributed by atoms with Crippen LogP contribution in [0.3, 0.4) is 0 Å². The van der Waals surface area contributed by atoms with Crippen LogP contribution in [-0.2, 0) is 6.54 Å². The predicted octanol–water partition coefficient (Wildman–Crippen LogP) is 1.54. The third-order valence-electron chi connectivity index (χ3n) is 2.52. The Morgan fingerprint density at radius 2 is 2.29 bits per heavy atom. The van der Waals surface area contributed by atoms with Crippen LogP contribution in [-0.4, -0.2) is 28.8 Å². The standard InChI is InChI=1S/C12H19NO4/c1-8(14)4-3-5-13-7-10-6-11(12(15)16)17-9(10)2/h6,8,13-14H,3-5,7H2,1-2H3,(H,15,16). The average molecular weight is 241 g/mol. The Kier molecular flexibility index (Phi) is 5.18. The van der Waals surface area contributed by atoms with Crippen LogP contribution in [0, 0.1) is 6.92 Å². The van der Waals surface area contributed by atoms with E-state index in [4.69, 9.17) is 14.6 Å². The fraction of sp³-hybridized carbons (Fsp3) is 0.583. The molecule has 0 fully saturated rings. The fourth-order valence-electron chi connectivity index (χ4n) is 1.55. The van der Waals surface area contributed by atoms with Gasteiger partial charge in [-0.05, 0) is 39.3 Å². The molecule has 1 rings (SSSR count). The minimum Gasteiger partial charge on any atom is -0.475 e. The first-order valence-corrected chi connectivity index (χ1v) is 5.72. The molecule has 3 N–H and O–H groups in total. The van der Waals surface area contributed by atoms with E-state index >= 15 is 0 Å². The molecule has 0 saturated heterocycles. The number of furan rings is 1. The number of nitrogens with one attached hydrogen (secondary N) is 1. The summed E-state index contributed by atoms with van der Waals surface area (Å²) < 4.78 is 5.09. The topological polar surface area (TPSA) is 82.7 Å². The van der Waals surface area contributed by atoms with Gasteiger partial charge in [-0.15, -0.1) is 0 Å². The van der Waals surface area contributed by atoms with E-state index < -0.39 is 5.97 Å². The Bertz CT molecular complexity index is 371. The van der Waals surface area contributed by atoms with Crippen LogP contribution in [0.4, 0.5) is 0 Å². The molecule has 5 nitrogen and oxygen atoms in total. The molecule has 0 aliphatic heterocycles. The molecule has 96 valence electrons. The van der Waals surface area contributed by atoms with Gasteiger partial charge < -0.3 is 19.9 Å².